The zero-order valence-electron chi connectivity index (χ0n) is 9.10. The second-order valence-electron chi connectivity index (χ2n) is 3.27. The Morgan fingerprint density at radius 3 is 2.80 bits per heavy atom. The van der Waals surface area contributed by atoms with Crippen LogP contribution in [-0.2, 0) is 0 Å². The summed E-state index contributed by atoms with van der Waals surface area (Å²) in [5.41, 5.74) is 0. The van der Waals surface area contributed by atoms with Crippen LogP contribution in [0.5, 0.6) is 0 Å². The van der Waals surface area contributed by atoms with Gasteiger partial charge in [-0.05, 0) is 7.05 Å². The molecule has 5 nitrogen and oxygen atoms in total. The second kappa shape index (κ2) is 6.26. The van der Waals surface area contributed by atoms with Gasteiger partial charge in [-0.3, -0.25) is 0 Å². The van der Waals surface area contributed by atoms with Crippen molar-refractivity contribution in [3.8, 4) is 0 Å². The Labute approximate surface area is 97.9 Å². The van der Waals surface area contributed by atoms with Gasteiger partial charge < -0.3 is 15.3 Å². The average Bonchev–Trinajstić information content (AvgIpc) is 2.63. The number of aliphatic hydroxyl groups excluding tert-OH is 1. The van der Waals surface area contributed by atoms with Gasteiger partial charge in [0.15, 0.2) is 4.34 Å². The van der Waals surface area contributed by atoms with E-state index in [0.29, 0.717) is 12.3 Å². The highest BCUT2D eigenvalue weighted by atomic mass is 32.2. The first-order valence-corrected chi connectivity index (χ1v) is 6.40. The fourth-order valence-electron chi connectivity index (χ4n) is 0.904. The topological polar surface area (TPSA) is 61.3 Å². The third-order valence-electron chi connectivity index (χ3n) is 1.62. The minimum Gasteiger partial charge on any atom is -0.391 e. The van der Waals surface area contributed by atoms with E-state index in [1.807, 2.05) is 26.0 Å². The van der Waals surface area contributed by atoms with Crippen molar-refractivity contribution < 1.29 is 5.11 Å². The molecule has 0 aromatic carbocycles. The van der Waals surface area contributed by atoms with E-state index in [4.69, 9.17) is 0 Å². The number of rotatable bonds is 6. The Hall–Kier alpha value is -0.370. The number of nitrogens with zero attached hydrogens (tertiary/aromatic N) is 3. The van der Waals surface area contributed by atoms with Gasteiger partial charge in [-0.15, -0.1) is 10.2 Å². The molecule has 0 saturated heterocycles. The van der Waals surface area contributed by atoms with Crippen LogP contribution in [0.2, 0.25) is 0 Å². The maximum Gasteiger partial charge on any atom is 0.208 e. The molecule has 0 aliphatic rings. The SMILES string of the molecule is CNCC(O)CSc1nnc(N(C)C)s1. The number of likely N-dealkylation sites (N-methyl/N-ethyl adjacent to an activating group) is 1. The van der Waals surface area contributed by atoms with E-state index in [1.165, 1.54) is 23.1 Å². The Kier molecular flexibility index (Phi) is 5.30. The maximum absolute atomic E-state index is 9.49. The van der Waals surface area contributed by atoms with Gasteiger partial charge in [0.1, 0.15) is 0 Å². The van der Waals surface area contributed by atoms with Crippen molar-refractivity contribution in [1.29, 1.82) is 0 Å². The largest absolute Gasteiger partial charge is 0.391 e. The van der Waals surface area contributed by atoms with Crippen molar-refractivity contribution in [2.24, 2.45) is 0 Å². The quantitative estimate of drug-likeness (QED) is 0.705. The average molecular weight is 248 g/mol. The van der Waals surface area contributed by atoms with Crippen LogP contribution >= 0.6 is 23.1 Å². The van der Waals surface area contributed by atoms with Crippen molar-refractivity contribution in [3.63, 3.8) is 0 Å². The Morgan fingerprint density at radius 2 is 2.27 bits per heavy atom. The van der Waals surface area contributed by atoms with Crippen molar-refractivity contribution >= 4 is 28.2 Å². The molecule has 0 spiro atoms. The van der Waals surface area contributed by atoms with Gasteiger partial charge in [0.05, 0.1) is 6.10 Å². The monoisotopic (exact) mass is 248 g/mol. The van der Waals surface area contributed by atoms with Crippen LogP contribution in [0.25, 0.3) is 0 Å². The minimum absolute atomic E-state index is 0.341. The summed E-state index contributed by atoms with van der Waals surface area (Å²) in [6.45, 7) is 0.604. The van der Waals surface area contributed by atoms with E-state index in [-0.39, 0.29) is 6.10 Å². The van der Waals surface area contributed by atoms with Crippen LogP contribution in [-0.4, -0.2) is 54.8 Å². The van der Waals surface area contributed by atoms with Crippen LogP contribution in [0.15, 0.2) is 4.34 Å². The molecular weight excluding hydrogens is 232 g/mol. The molecule has 1 atom stereocenters. The van der Waals surface area contributed by atoms with E-state index >= 15 is 0 Å². The van der Waals surface area contributed by atoms with Crippen LogP contribution in [0.4, 0.5) is 5.13 Å². The third-order valence-corrected chi connectivity index (χ3v) is 3.99. The molecule has 0 saturated carbocycles. The summed E-state index contributed by atoms with van der Waals surface area (Å²) >= 11 is 3.07. The molecule has 0 amide bonds. The number of thioether (sulfide) groups is 1. The molecule has 0 aliphatic carbocycles. The predicted octanol–water partition coefficient (Wildman–Crippen LogP) is 0.276. The Bertz CT molecular complexity index is 292. The standard InChI is InChI=1S/C8H16N4OS2/c1-9-4-6(13)5-14-8-11-10-7(15-8)12(2)3/h6,9,13H,4-5H2,1-3H3. The lowest BCUT2D eigenvalue weighted by molar-refractivity contribution is 0.199. The van der Waals surface area contributed by atoms with Gasteiger partial charge in [-0.25, -0.2) is 0 Å². The van der Waals surface area contributed by atoms with Crippen LogP contribution < -0.4 is 10.2 Å². The van der Waals surface area contributed by atoms with Gasteiger partial charge >= 0.3 is 0 Å². The molecule has 2 N–H and O–H groups in total. The molecule has 7 heteroatoms. The summed E-state index contributed by atoms with van der Waals surface area (Å²) in [6, 6.07) is 0. The number of aromatic nitrogens is 2. The summed E-state index contributed by atoms with van der Waals surface area (Å²) in [7, 11) is 5.69. The van der Waals surface area contributed by atoms with Gasteiger partial charge in [0.2, 0.25) is 5.13 Å². The summed E-state index contributed by atoms with van der Waals surface area (Å²) < 4.78 is 0.897. The molecule has 1 aromatic rings. The van der Waals surface area contributed by atoms with Crippen molar-refractivity contribution in [1.82, 2.24) is 15.5 Å². The third kappa shape index (κ3) is 4.33. The summed E-state index contributed by atoms with van der Waals surface area (Å²) in [4.78, 5) is 1.92. The molecular formula is C8H16N4OS2. The minimum atomic E-state index is -0.341. The molecule has 1 aromatic heterocycles. The van der Waals surface area contributed by atoms with Gasteiger partial charge in [-0.1, -0.05) is 23.1 Å². The van der Waals surface area contributed by atoms with Crippen molar-refractivity contribution in [2.45, 2.75) is 10.4 Å². The Balaban J connectivity index is 2.37. The maximum atomic E-state index is 9.49. The number of hydrogen-bond donors (Lipinski definition) is 2. The van der Waals surface area contributed by atoms with Crippen molar-refractivity contribution in [3.05, 3.63) is 0 Å². The van der Waals surface area contributed by atoms with E-state index in [1.54, 1.807) is 0 Å². The van der Waals surface area contributed by atoms with Gasteiger partial charge in [-0.2, -0.15) is 0 Å². The number of anilines is 1. The number of aliphatic hydroxyl groups is 1. The van der Waals surface area contributed by atoms with Crippen LogP contribution in [0.3, 0.4) is 0 Å². The fourth-order valence-corrected chi connectivity index (χ4v) is 2.62. The molecule has 0 fully saturated rings. The number of nitrogens with one attached hydrogen (secondary N) is 1. The summed E-state index contributed by atoms with van der Waals surface area (Å²) in [5.74, 6) is 0.642. The first-order valence-electron chi connectivity index (χ1n) is 4.59. The lowest BCUT2D eigenvalue weighted by Gasteiger charge is -2.07. The fraction of sp³-hybridized carbons (Fsp3) is 0.750. The highest BCUT2D eigenvalue weighted by Gasteiger charge is 2.09. The van der Waals surface area contributed by atoms with Crippen LogP contribution in [0, 0.1) is 0 Å². The Morgan fingerprint density at radius 1 is 1.53 bits per heavy atom. The van der Waals surface area contributed by atoms with Gasteiger partial charge in [0.25, 0.3) is 0 Å². The highest BCUT2D eigenvalue weighted by Crippen LogP contribution is 2.26. The zero-order valence-corrected chi connectivity index (χ0v) is 10.7. The molecule has 0 aliphatic heterocycles. The highest BCUT2D eigenvalue weighted by molar-refractivity contribution is 8.01. The van der Waals surface area contributed by atoms with Crippen molar-refractivity contribution in [2.75, 3.05) is 38.3 Å². The lowest BCUT2D eigenvalue weighted by atomic mass is 10.4. The van der Waals surface area contributed by atoms with E-state index < -0.39 is 0 Å². The van der Waals surface area contributed by atoms with E-state index in [0.717, 1.165) is 9.47 Å². The van der Waals surface area contributed by atoms with E-state index in [2.05, 4.69) is 15.5 Å². The number of hydrogen-bond acceptors (Lipinski definition) is 7. The molecule has 1 rings (SSSR count). The predicted molar refractivity (Wildman–Crippen MR) is 64.9 cm³/mol. The van der Waals surface area contributed by atoms with Crippen LogP contribution in [0.1, 0.15) is 0 Å². The zero-order chi connectivity index (χ0) is 11.3. The molecule has 86 valence electrons. The molecule has 1 heterocycles. The van der Waals surface area contributed by atoms with Gasteiger partial charge in [0, 0.05) is 26.4 Å². The molecule has 0 bridgehead atoms. The first kappa shape index (κ1) is 12.7. The smallest absolute Gasteiger partial charge is 0.208 e. The summed E-state index contributed by atoms with van der Waals surface area (Å²) in [6.07, 6.45) is -0.341. The lowest BCUT2D eigenvalue weighted by Crippen LogP contribution is -2.25. The first-order chi connectivity index (χ1) is 7.13. The second-order valence-corrected chi connectivity index (χ2v) is 5.49. The van der Waals surface area contributed by atoms with E-state index in [9.17, 15) is 5.11 Å². The molecule has 0 radical (unpaired) electrons. The molecule has 15 heavy (non-hydrogen) atoms. The molecule has 1 unspecified atom stereocenters. The summed E-state index contributed by atoms with van der Waals surface area (Å²) in [5, 5.41) is 21.3. The normalized spacial score (nSPS) is 12.8.